The van der Waals surface area contributed by atoms with Crippen molar-refractivity contribution in [3.05, 3.63) is 0 Å². The van der Waals surface area contributed by atoms with Gasteiger partial charge in [0.2, 0.25) is 0 Å². The minimum absolute atomic E-state index is 0.174. The molecule has 0 aromatic carbocycles. The highest BCUT2D eigenvalue weighted by molar-refractivity contribution is 4.96. The van der Waals surface area contributed by atoms with E-state index in [1.807, 2.05) is 0 Å². The Labute approximate surface area is 66.4 Å². The number of fused-ring (bicyclic) bond motifs is 1. The summed E-state index contributed by atoms with van der Waals surface area (Å²) in [7, 11) is 0. The van der Waals surface area contributed by atoms with Crippen molar-refractivity contribution in [1.29, 1.82) is 0 Å². The van der Waals surface area contributed by atoms with Crippen LogP contribution >= 0.6 is 0 Å². The fraction of sp³-hybridized carbons (Fsp3) is 1.00. The molecule has 0 aromatic heterocycles. The smallest absolute Gasteiger partial charge is 0.0587 e. The van der Waals surface area contributed by atoms with Crippen LogP contribution in [0.5, 0.6) is 0 Å². The summed E-state index contributed by atoms with van der Waals surface area (Å²) in [5.74, 6) is 1.27. The zero-order valence-electron chi connectivity index (χ0n) is 6.53. The molecular formula is C8H15NO2. The van der Waals surface area contributed by atoms with Gasteiger partial charge in [-0.2, -0.15) is 0 Å². The largest absolute Gasteiger partial charge is 0.396 e. The summed E-state index contributed by atoms with van der Waals surface area (Å²) in [6.07, 6.45) is 0.625. The van der Waals surface area contributed by atoms with E-state index in [0.717, 1.165) is 19.5 Å². The molecule has 3 nitrogen and oxygen atoms in total. The molecule has 3 heteroatoms. The number of hydrogen-bond donors (Lipinski definition) is 3. The number of rotatable bonds is 1. The van der Waals surface area contributed by atoms with Gasteiger partial charge >= 0.3 is 0 Å². The van der Waals surface area contributed by atoms with Gasteiger partial charge in [-0.25, -0.2) is 0 Å². The molecule has 1 saturated heterocycles. The molecule has 4 unspecified atom stereocenters. The van der Waals surface area contributed by atoms with Gasteiger partial charge in [0.25, 0.3) is 0 Å². The Bertz CT molecular complexity index is 151. The average molecular weight is 157 g/mol. The lowest BCUT2D eigenvalue weighted by Crippen LogP contribution is -2.19. The first kappa shape index (κ1) is 7.53. The van der Waals surface area contributed by atoms with Crippen molar-refractivity contribution in [2.45, 2.75) is 12.5 Å². The predicted molar refractivity (Wildman–Crippen MR) is 41.0 cm³/mol. The molecule has 4 atom stereocenters. The molecule has 1 aliphatic heterocycles. The number of aliphatic hydroxyl groups is 2. The maximum atomic E-state index is 9.55. The minimum atomic E-state index is -0.174. The molecule has 0 radical (unpaired) electrons. The third-order valence-corrected chi connectivity index (χ3v) is 3.19. The van der Waals surface area contributed by atoms with Gasteiger partial charge < -0.3 is 15.5 Å². The monoisotopic (exact) mass is 157 g/mol. The number of hydrogen-bond acceptors (Lipinski definition) is 3. The zero-order valence-corrected chi connectivity index (χ0v) is 6.53. The summed E-state index contributed by atoms with van der Waals surface area (Å²) in [5.41, 5.74) is 0. The highest BCUT2D eigenvalue weighted by atomic mass is 16.3. The second-order valence-electron chi connectivity index (χ2n) is 3.73. The van der Waals surface area contributed by atoms with E-state index in [0.29, 0.717) is 17.8 Å². The minimum Gasteiger partial charge on any atom is -0.396 e. The van der Waals surface area contributed by atoms with E-state index in [1.54, 1.807) is 0 Å². The number of aliphatic hydroxyl groups excluding tert-OH is 2. The van der Waals surface area contributed by atoms with Crippen molar-refractivity contribution in [3.63, 3.8) is 0 Å². The van der Waals surface area contributed by atoms with Gasteiger partial charge in [0, 0.05) is 19.1 Å². The van der Waals surface area contributed by atoms with E-state index in [9.17, 15) is 5.11 Å². The molecule has 64 valence electrons. The lowest BCUT2D eigenvalue weighted by Gasteiger charge is -2.13. The first-order valence-corrected chi connectivity index (χ1v) is 4.32. The highest BCUT2D eigenvalue weighted by Gasteiger charge is 2.44. The van der Waals surface area contributed by atoms with Crippen molar-refractivity contribution in [2.24, 2.45) is 17.8 Å². The first-order valence-electron chi connectivity index (χ1n) is 4.32. The quantitative estimate of drug-likeness (QED) is 0.467. The second-order valence-corrected chi connectivity index (χ2v) is 3.73. The van der Waals surface area contributed by atoms with Crippen LogP contribution in [-0.4, -0.2) is 36.0 Å². The Hall–Kier alpha value is -0.120. The van der Waals surface area contributed by atoms with Gasteiger partial charge in [0.15, 0.2) is 0 Å². The molecule has 0 spiro atoms. The van der Waals surface area contributed by atoms with Crippen LogP contribution in [-0.2, 0) is 0 Å². The molecule has 2 fully saturated rings. The van der Waals surface area contributed by atoms with Gasteiger partial charge in [-0.1, -0.05) is 0 Å². The summed E-state index contributed by atoms with van der Waals surface area (Å²) >= 11 is 0. The van der Waals surface area contributed by atoms with Crippen molar-refractivity contribution in [1.82, 2.24) is 5.32 Å². The van der Waals surface area contributed by atoms with Crippen molar-refractivity contribution in [2.75, 3.05) is 19.7 Å². The lowest BCUT2D eigenvalue weighted by molar-refractivity contribution is 0.130. The predicted octanol–water partition coefficient (Wildman–Crippen LogP) is -0.805. The summed E-state index contributed by atoms with van der Waals surface area (Å²) in [6, 6.07) is 0. The van der Waals surface area contributed by atoms with Crippen LogP contribution in [0.2, 0.25) is 0 Å². The molecule has 0 aromatic rings. The average Bonchev–Trinajstić information content (AvgIpc) is 2.54. The molecule has 1 aliphatic carbocycles. The van der Waals surface area contributed by atoms with Gasteiger partial charge in [0.1, 0.15) is 0 Å². The number of nitrogens with one attached hydrogen (secondary N) is 1. The summed E-state index contributed by atoms with van der Waals surface area (Å²) < 4.78 is 0. The van der Waals surface area contributed by atoms with E-state index < -0.39 is 0 Å². The van der Waals surface area contributed by atoms with Gasteiger partial charge in [0.05, 0.1) is 6.10 Å². The Morgan fingerprint density at radius 1 is 1.27 bits per heavy atom. The van der Waals surface area contributed by atoms with Gasteiger partial charge in [-0.3, -0.25) is 0 Å². The maximum absolute atomic E-state index is 9.55. The summed E-state index contributed by atoms with van der Waals surface area (Å²) in [5, 5.41) is 21.8. The molecular weight excluding hydrogens is 142 g/mol. The molecule has 2 aliphatic rings. The van der Waals surface area contributed by atoms with Crippen LogP contribution < -0.4 is 5.32 Å². The Kier molecular flexibility index (Phi) is 1.87. The Morgan fingerprint density at radius 2 is 2.00 bits per heavy atom. The van der Waals surface area contributed by atoms with E-state index in [2.05, 4.69) is 5.32 Å². The second kappa shape index (κ2) is 2.73. The van der Waals surface area contributed by atoms with Crippen LogP contribution in [0, 0.1) is 17.8 Å². The zero-order chi connectivity index (χ0) is 7.84. The topological polar surface area (TPSA) is 52.5 Å². The van der Waals surface area contributed by atoms with Gasteiger partial charge in [-0.05, 0) is 24.8 Å². The molecule has 1 saturated carbocycles. The van der Waals surface area contributed by atoms with E-state index in [4.69, 9.17) is 5.11 Å². The molecule has 0 amide bonds. The third kappa shape index (κ3) is 1.08. The lowest BCUT2D eigenvalue weighted by atomic mass is 9.93. The fourth-order valence-corrected chi connectivity index (χ4v) is 2.53. The van der Waals surface area contributed by atoms with Crippen LogP contribution in [0.15, 0.2) is 0 Å². The van der Waals surface area contributed by atoms with Crippen molar-refractivity contribution < 1.29 is 10.2 Å². The molecule has 3 N–H and O–H groups in total. The van der Waals surface area contributed by atoms with Crippen LogP contribution in [0.4, 0.5) is 0 Å². The summed E-state index contributed by atoms with van der Waals surface area (Å²) in [4.78, 5) is 0. The standard InChI is InChI=1S/C8H15NO2/c10-4-5-1-8(11)7-3-9-2-6(5)7/h5-11H,1-4H2. The van der Waals surface area contributed by atoms with Gasteiger partial charge in [-0.15, -0.1) is 0 Å². The SMILES string of the molecule is OCC1CC(O)C2CNCC12. The summed E-state index contributed by atoms with van der Waals surface area (Å²) in [6.45, 7) is 2.15. The molecule has 0 bridgehead atoms. The molecule has 2 rings (SSSR count). The molecule has 11 heavy (non-hydrogen) atoms. The fourth-order valence-electron chi connectivity index (χ4n) is 2.53. The Balaban J connectivity index is 2.07. The first-order chi connectivity index (χ1) is 5.33. The third-order valence-electron chi connectivity index (χ3n) is 3.19. The normalized spacial score (nSPS) is 49.6. The van der Waals surface area contributed by atoms with E-state index >= 15 is 0 Å². The van der Waals surface area contributed by atoms with Crippen LogP contribution in [0.1, 0.15) is 6.42 Å². The van der Waals surface area contributed by atoms with Crippen molar-refractivity contribution in [3.8, 4) is 0 Å². The van der Waals surface area contributed by atoms with Crippen LogP contribution in [0.3, 0.4) is 0 Å². The highest BCUT2D eigenvalue weighted by Crippen LogP contribution is 2.38. The van der Waals surface area contributed by atoms with Crippen molar-refractivity contribution >= 4 is 0 Å². The maximum Gasteiger partial charge on any atom is 0.0587 e. The Morgan fingerprint density at radius 3 is 2.73 bits per heavy atom. The van der Waals surface area contributed by atoms with E-state index in [1.165, 1.54) is 0 Å². The van der Waals surface area contributed by atoms with E-state index in [-0.39, 0.29) is 12.7 Å². The van der Waals surface area contributed by atoms with Crippen LogP contribution in [0.25, 0.3) is 0 Å². The molecule has 1 heterocycles.